The second kappa shape index (κ2) is 9.24. The predicted molar refractivity (Wildman–Crippen MR) is 126 cm³/mol. The van der Waals surface area contributed by atoms with Crippen molar-refractivity contribution in [3.8, 4) is 0 Å². The van der Waals surface area contributed by atoms with Crippen LogP contribution in [0, 0.1) is 5.41 Å². The number of nitrogens with zero attached hydrogens (tertiary/aromatic N) is 3. The van der Waals surface area contributed by atoms with Crippen LogP contribution >= 0.6 is 31.9 Å². The van der Waals surface area contributed by atoms with E-state index in [0.29, 0.717) is 19.7 Å². The Morgan fingerprint density at radius 3 is 2.55 bits per heavy atom. The van der Waals surface area contributed by atoms with Gasteiger partial charge in [0.05, 0.1) is 10.5 Å². The lowest BCUT2D eigenvalue weighted by Gasteiger charge is -2.49. The number of halogens is 2. The summed E-state index contributed by atoms with van der Waals surface area (Å²) in [6, 6.07) is 10.0. The number of carbonyl (C=O) groups is 1. The number of aromatic nitrogens is 2. The zero-order chi connectivity index (χ0) is 22.2. The summed E-state index contributed by atoms with van der Waals surface area (Å²) in [7, 11) is 1.77. The molecule has 0 N–H and O–H groups in total. The highest BCUT2D eigenvalue weighted by Crippen LogP contribution is 2.53. The molecule has 168 valence electrons. The van der Waals surface area contributed by atoms with Gasteiger partial charge in [-0.3, -0.25) is 4.68 Å². The van der Waals surface area contributed by atoms with Crippen LogP contribution in [0.25, 0.3) is 0 Å². The molecule has 6 nitrogen and oxygen atoms in total. The first-order chi connectivity index (χ1) is 14.9. The highest BCUT2D eigenvalue weighted by Gasteiger charge is 2.51. The first-order valence-electron chi connectivity index (χ1n) is 10.8. The van der Waals surface area contributed by atoms with Crippen molar-refractivity contribution in [1.29, 1.82) is 0 Å². The third-order valence-electron chi connectivity index (χ3n) is 6.62. The molecule has 2 heterocycles. The number of rotatable bonds is 4. The first kappa shape index (κ1) is 22.8. The van der Waals surface area contributed by atoms with Crippen LogP contribution in [0.15, 0.2) is 34.9 Å². The zero-order valence-corrected chi connectivity index (χ0v) is 21.4. The molecule has 0 saturated carbocycles. The molecule has 1 saturated heterocycles. The number of piperidine rings is 1. The van der Waals surface area contributed by atoms with Gasteiger partial charge < -0.3 is 14.4 Å². The molecule has 2 aliphatic rings. The standard InChI is InChI=1S/C23H29Br2N3O3/c1-15(2)28-18-17(21(25)26-28)13-23(20(24)19(18)30-3)9-11-27(12-10-23)22(29)31-14-16-7-5-4-6-8-16/h4-8,15,19-20H,9-14H2,1-3H3. The van der Waals surface area contributed by atoms with Gasteiger partial charge in [-0.1, -0.05) is 46.3 Å². The average Bonchev–Trinajstić information content (AvgIpc) is 3.10. The molecule has 1 aliphatic heterocycles. The molecule has 1 aliphatic carbocycles. The molecule has 8 heteroatoms. The van der Waals surface area contributed by atoms with E-state index in [0.717, 1.165) is 35.1 Å². The Bertz CT molecular complexity index is 924. The second-order valence-electron chi connectivity index (χ2n) is 8.82. The number of ether oxygens (including phenoxy) is 2. The molecular weight excluding hydrogens is 526 g/mol. The van der Waals surface area contributed by atoms with Gasteiger partial charge in [0.1, 0.15) is 17.3 Å². The molecule has 0 radical (unpaired) electrons. The van der Waals surface area contributed by atoms with E-state index in [1.54, 1.807) is 7.11 Å². The van der Waals surface area contributed by atoms with E-state index in [1.165, 1.54) is 5.56 Å². The number of methoxy groups -OCH3 is 1. The fraction of sp³-hybridized carbons (Fsp3) is 0.565. The lowest BCUT2D eigenvalue weighted by molar-refractivity contribution is 0.00762. The number of carbonyl (C=O) groups excluding carboxylic acids is 1. The van der Waals surface area contributed by atoms with Crippen LogP contribution in [0.1, 0.15) is 55.7 Å². The monoisotopic (exact) mass is 553 g/mol. The molecule has 1 fully saturated rings. The van der Waals surface area contributed by atoms with Crippen molar-refractivity contribution in [1.82, 2.24) is 14.7 Å². The van der Waals surface area contributed by atoms with E-state index in [2.05, 4.69) is 50.4 Å². The number of amides is 1. The second-order valence-corrected chi connectivity index (χ2v) is 10.6. The van der Waals surface area contributed by atoms with Crippen LogP contribution in [-0.4, -0.2) is 45.8 Å². The van der Waals surface area contributed by atoms with E-state index in [9.17, 15) is 4.79 Å². The zero-order valence-electron chi connectivity index (χ0n) is 18.2. The largest absolute Gasteiger partial charge is 0.445 e. The lowest BCUT2D eigenvalue weighted by atomic mass is 9.66. The molecule has 2 aromatic rings. The summed E-state index contributed by atoms with van der Waals surface area (Å²) in [5.41, 5.74) is 3.40. The quantitative estimate of drug-likeness (QED) is 0.458. The van der Waals surface area contributed by atoms with Crippen molar-refractivity contribution in [3.63, 3.8) is 0 Å². The number of hydrogen-bond acceptors (Lipinski definition) is 4. The summed E-state index contributed by atoms with van der Waals surface area (Å²) in [6.45, 7) is 5.94. The van der Waals surface area contributed by atoms with Crippen molar-refractivity contribution in [2.75, 3.05) is 20.2 Å². The molecule has 1 aromatic carbocycles. The van der Waals surface area contributed by atoms with Gasteiger partial charge in [-0.05, 0) is 60.0 Å². The smallest absolute Gasteiger partial charge is 0.410 e. The minimum atomic E-state index is -0.238. The summed E-state index contributed by atoms with van der Waals surface area (Å²) < 4.78 is 14.5. The Morgan fingerprint density at radius 2 is 1.94 bits per heavy atom. The van der Waals surface area contributed by atoms with Crippen LogP contribution < -0.4 is 0 Å². The highest BCUT2D eigenvalue weighted by atomic mass is 79.9. The Kier molecular flexibility index (Phi) is 6.79. The number of hydrogen-bond donors (Lipinski definition) is 0. The molecule has 0 bridgehead atoms. The van der Waals surface area contributed by atoms with Gasteiger partial charge >= 0.3 is 6.09 Å². The predicted octanol–water partition coefficient (Wildman–Crippen LogP) is 5.65. The normalized spacial score (nSPS) is 22.6. The molecular formula is C23H29Br2N3O3. The van der Waals surface area contributed by atoms with Crippen molar-refractivity contribution in [3.05, 3.63) is 51.8 Å². The van der Waals surface area contributed by atoms with E-state index in [4.69, 9.17) is 14.6 Å². The maximum absolute atomic E-state index is 12.6. The summed E-state index contributed by atoms with van der Waals surface area (Å²) in [4.78, 5) is 14.6. The molecule has 1 amide bonds. The van der Waals surface area contributed by atoms with Crippen molar-refractivity contribution >= 4 is 38.0 Å². The number of alkyl halides is 1. The van der Waals surface area contributed by atoms with Gasteiger partial charge in [-0.25, -0.2) is 4.79 Å². The van der Waals surface area contributed by atoms with Crippen LogP contribution in [0.3, 0.4) is 0 Å². The Morgan fingerprint density at radius 1 is 1.26 bits per heavy atom. The van der Waals surface area contributed by atoms with E-state index >= 15 is 0 Å². The van der Waals surface area contributed by atoms with Crippen molar-refractivity contribution in [2.24, 2.45) is 5.41 Å². The number of likely N-dealkylation sites (tertiary alicyclic amines) is 1. The van der Waals surface area contributed by atoms with E-state index in [1.807, 2.05) is 35.2 Å². The Hall–Kier alpha value is -1.38. The number of benzene rings is 1. The third-order valence-corrected chi connectivity index (χ3v) is 8.70. The fourth-order valence-electron chi connectivity index (χ4n) is 4.85. The minimum Gasteiger partial charge on any atom is -0.445 e. The number of fused-ring (bicyclic) bond motifs is 1. The van der Waals surface area contributed by atoms with Gasteiger partial charge in [0.2, 0.25) is 0 Å². The summed E-state index contributed by atoms with van der Waals surface area (Å²) in [6.07, 6.45) is 2.38. The van der Waals surface area contributed by atoms with Gasteiger partial charge in [-0.15, -0.1) is 0 Å². The minimum absolute atomic E-state index is 0.0112. The van der Waals surface area contributed by atoms with Crippen molar-refractivity contribution in [2.45, 2.75) is 56.7 Å². The lowest BCUT2D eigenvalue weighted by Crippen LogP contribution is -2.51. The Balaban J connectivity index is 1.47. The van der Waals surface area contributed by atoms with E-state index < -0.39 is 0 Å². The fourth-order valence-corrected chi connectivity index (χ4v) is 6.45. The van der Waals surface area contributed by atoms with Crippen LogP contribution in [-0.2, 0) is 22.5 Å². The molecule has 1 spiro atoms. The highest BCUT2D eigenvalue weighted by molar-refractivity contribution is 9.10. The van der Waals surface area contributed by atoms with Gasteiger partial charge in [0.25, 0.3) is 0 Å². The molecule has 4 rings (SSSR count). The van der Waals surface area contributed by atoms with Crippen LogP contribution in [0.5, 0.6) is 0 Å². The SMILES string of the molecule is COC1c2c(c(Br)nn2C(C)C)CC2(CCN(C(=O)OCc3ccccc3)CC2)C1Br. The molecule has 2 atom stereocenters. The molecule has 1 aromatic heterocycles. The maximum Gasteiger partial charge on any atom is 0.410 e. The van der Waals surface area contributed by atoms with Gasteiger partial charge in [0, 0.05) is 31.8 Å². The van der Waals surface area contributed by atoms with Crippen LogP contribution in [0.4, 0.5) is 4.79 Å². The summed E-state index contributed by atoms with van der Waals surface area (Å²) in [5, 5.41) is 4.75. The third kappa shape index (κ3) is 4.31. The average molecular weight is 555 g/mol. The molecule has 2 unspecified atom stereocenters. The maximum atomic E-state index is 12.6. The van der Waals surface area contributed by atoms with Gasteiger partial charge in [0.15, 0.2) is 0 Å². The summed E-state index contributed by atoms with van der Waals surface area (Å²) >= 11 is 7.69. The first-order valence-corrected chi connectivity index (χ1v) is 12.5. The van der Waals surface area contributed by atoms with Gasteiger partial charge in [-0.2, -0.15) is 5.10 Å². The molecule has 31 heavy (non-hydrogen) atoms. The van der Waals surface area contributed by atoms with E-state index in [-0.39, 0.29) is 28.5 Å². The topological polar surface area (TPSA) is 56.6 Å². The Labute approximate surface area is 200 Å². The summed E-state index contributed by atoms with van der Waals surface area (Å²) in [5.74, 6) is 0. The van der Waals surface area contributed by atoms with Crippen molar-refractivity contribution < 1.29 is 14.3 Å². The van der Waals surface area contributed by atoms with Crippen LogP contribution in [0.2, 0.25) is 0 Å².